The maximum absolute atomic E-state index is 11.6. The number of halogens is 2. The molecule has 82 valence electrons. The number of carbonyl (C=O) groups is 2. The third kappa shape index (κ3) is 1.44. The van der Waals surface area contributed by atoms with Crippen molar-refractivity contribution in [1.29, 1.82) is 0 Å². The molecule has 1 aliphatic rings. The van der Waals surface area contributed by atoms with Gasteiger partial charge in [-0.2, -0.15) is 0 Å². The summed E-state index contributed by atoms with van der Waals surface area (Å²) in [6, 6.07) is 2.67. The van der Waals surface area contributed by atoms with Crippen LogP contribution in [0.3, 0.4) is 0 Å². The summed E-state index contributed by atoms with van der Waals surface area (Å²) in [6.45, 7) is 1.39. The van der Waals surface area contributed by atoms with Crippen LogP contribution in [-0.4, -0.2) is 16.7 Å². The van der Waals surface area contributed by atoms with Gasteiger partial charge >= 0.3 is 0 Å². The van der Waals surface area contributed by atoms with E-state index < -0.39 is 11.6 Å². The van der Waals surface area contributed by atoms with Crippen LogP contribution in [-0.2, 0) is 4.79 Å². The minimum atomic E-state index is -0.719. The molecule has 3 nitrogen and oxygen atoms in total. The highest BCUT2D eigenvalue weighted by molar-refractivity contribution is 6.53. The first-order valence-corrected chi connectivity index (χ1v) is 5.17. The number of rotatable bonds is 0. The Morgan fingerprint density at radius 2 is 1.50 bits per heavy atom. The van der Waals surface area contributed by atoms with Gasteiger partial charge in [0.05, 0.1) is 10.0 Å². The smallest absolute Gasteiger partial charge is 0.234 e. The van der Waals surface area contributed by atoms with E-state index in [1.807, 2.05) is 0 Å². The quantitative estimate of drug-likeness (QED) is 0.726. The fourth-order valence-corrected chi connectivity index (χ4v) is 1.86. The minimum absolute atomic E-state index is 0.0240. The molecule has 0 atom stereocenters. The predicted molar refractivity (Wildman–Crippen MR) is 61.0 cm³/mol. The van der Waals surface area contributed by atoms with E-state index in [0.29, 0.717) is 0 Å². The maximum Gasteiger partial charge on any atom is 0.234 e. The highest BCUT2D eigenvalue weighted by Gasteiger charge is 2.31. The molecule has 0 aromatic heterocycles. The van der Waals surface area contributed by atoms with Gasteiger partial charge in [-0.3, -0.25) is 9.59 Å². The Morgan fingerprint density at radius 3 is 2.06 bits per heavy atom. The van der Waals surface area contributed by atoms with Gasteiger partial charge in [0, 0.05) is 16.7 Å². The number of allylic oxidation sites excluding steroid dienone is 1. The lowest BCUT2D eigenvalue weighted by Crippen LogP contribution is -2.22. The van der Waals surface area contributed by atoms with Crippen LogP contribution in [0, 0.1) is 0 Å². The zero-order chi connectivity index (χ0) is 12.0. The lowest BCUT2D eigenvalue weighted by Gasteiger charge is -2.16. The zero-order valence-corrected chi connectivity index (χ0v) is 9.69. The summed E-state index contributed by atoms with van der Waals surface area (Å²) in [6.07, 6.45) is 0. The summed E-state index contributed by atoms with van der Waals surface area (Å²) in [5, 5.41) is 10.1. The second kappa shape index (κ2) is 3.61. The van der Waals surface area contributed by atoms with E-state index in [4.69, 9.17) is 23.2 Å². The molecule has 5 heteroatoms. The van der Waals surface area contributed by atoms with E-state index in [-0.39, 0.29) is 32.5 Å². The van der Waals surface area contributed by atoms with Crippen molar-refractivity contribution in [1.82, 2.24) is 0 Å². The molecule has 1 aliphatic carbocycles. The molecule has 0 amide bonds. The predicted octanol–water partition coefficient (Wildman–Crippen LogP) is 3.05. The lowest BCUT2D eigenvalue weighted by molar-refractivity contribution is -0.111. The topological polar surface area (TPSA) is 54.4 Å². The van der Waals surface area contributed by atoms with E-state index in [1.165, 1.54) is 19.1 Å². The van der Waals surface area contributed by atoms with Gasteiger partial charge in [0.2, 0.25) is 11.6 Å². The number of aliphatic hydroxyl groups is 1. The van der Waals surface area contributed by atoms with E-state index in [0.717, 1.165) is 0 Å². The van der Waals surface area contributed by atoms with Gasteiger partial charge in [0.1, 0.15) is 5.76 Å². The number of fused-ring (bicyclic) bond motifs is 1. The molecule has 0 saturated heterocycles. The summed E-state index contributed by atoms with van der Waals surface area (Å²) in [5.74, 6) is -1.62. The van der Waals surface area contributed by atoms with E-state index in [9.17, 15) is 14.7 Å². The van der Waals surface area contributed by atoms with Crippen molar-refractivity contribution in [2.75, 3.05) is 0 Å². The van der Waals surface area contributed by atoms with Crippen molar-refractivity contribution in [2.24, 2.45) is 0 Å². The van der Waals surface area contributed by atoms with Crippen LogP contribution < -0.4 is 0 Å². The molecule has 2 rings (SSSR count). The van der Waals surface area contributed by atoms with Crippen LogP contribution in [0.5, 0.6) is 0 Å². The summed E-state index contributed by atoms with van der Waals surface area (Å²) in [7, 11) is 0. The van der Waals surface area contributed by atoms with Crippen LogP contribution in [0.4, 0.5) is 0 Å². The standard InChI is InChI=1S/C11H6Cl2O3/c1-4-9(14)5-2-7(12)8(13)3-6(5)11(16)10(4)15/h2-3,14H,1H3. The third-order valence-electron chi connectivity index (χ3n) is 2.46. The number of Topliss-reactive ketones (excluding diaryl/α,β-unsaturated/α-hetero) is 2. The molecule has 1 aromatic carbocycles. The van der Waals surface area contributed by atoms with Crippen molar-refractivity contribution in [3.63, 3.8) is 0 Å². The van der Waals surface area contributed by atoms with Gasteiger partial charge in [0.25, 0.3) is 0 Å². The summed E-state index contributed by atoms with van der Waals surface area (Å²) >= 11 is 11.5. The molecule has 0 fully saturated rings. The Morgan fingerprint density at radius 1 is 1.00 bits per heavy atom. The Bertz CT molecular complexity index is 559. The van der Waals surface area contributed by atoms with Gasteiger partial charge in [-0.05, 0) is 19.1 Å². The van der Waals surface area contributed by atoms with E-state index in [2.05, 4.69) is 0 Å². The van der Waals surface area contributed by atoms with Crippen LogP contribution in [0.2, 0.25) is 10.0 Å². The molecule has 0 heterocycles. The average Bonchev–Trinajstić information content (AvgIpc) is 2.26. The minimum Gasteiger partial charge on any atom is -0.507 e. The maximum atomic E-state index is 11.6. The molecule has 0 spiro atoms. The lowest BCUT2D eigenvalue weighted by atomic mass is 9.89. The molecule has 0 aliphatic heterocycles. The molecule has 0 radical (unpaired) electrons. The molecule has 0 unspecified atom stereocenters. The van der Waals surface area contributed by atoms with Crippen LogP contribution in [0.15, 0.2) is 17.7 Å². The fraction of sp³-hybridized carbons (Fsp3) is 0.0909. The number of hydrogen-bond donors (Lipinski definition) is 1. The monoisotopic (exact) mass is 256 g/mol. The normalized spacial score (nSPS) is 15.4. The summed E-state index contributed by atoms with van der Waals surface area (Å²) in [5.41, 5.74) is 0.356. The molecular formula is C11H6Cl2O3. The molecule has 1 N–H and O–H groups in total. The number of benzene rings is 1. The van der Waals surface area contributed by atoms with Crippen molar-refractivity contribution in [3.05, 3.63) is 38.9 Å². The van der Waals surface area contributed by atoms with Crippen molar-refractivity contribution >= 4 is 40.5 Å². The largest absolute Gasteiger partial charge is 0.507 e. The van der Waals surface area contributed by atoms with E-state index >= 15 is 0 Å². The zero-order valence-electron chi connectivity index (χ0n) is 8.17. The van der Waals surface area contributed by atoms with Gasteiger partial charge in [0.15, 0.2) is 0 Å². The molecule has 0 bridgehead atoms. The highest BCUT2D eigenvalue weighted by atomic mass is 35.5. The van der Waals surface area contributed by atoms with Crippen molar-refractivity contribution < 1.29 is 14.7 Å². The van der Waals surface area contributed by atoms with Gasteiger partial charge in [-0.1, -0.05) is 23.2 Å². The first kappa shape index (κ1) is 11.2. The van der Waals surface area contributed by atoms with Crippen molar-refractivity contribution in [2.45, 2.75) is 6.92 Å². The first-order chi connectivity index (χ1) is 7.43. The Kier molecular flexibility index (Phi) is 2.52. The molecule has 0 saturated carbocycles. The average molecular weight is 257 g/mol. The Hall–Kier alpha value is -1.32. The van der Waals surface area contributed by atoms with Crippen LogP contribution in [0.1, 0.15) is 22.8 Å². The Balaban J connectivity index is 2.81. The highest BCUT2D eigenvalue weighted by Crippen LogP contribution is 2.33. The third-order valence-corrected chi connectivity index (χ3v) is 3.18. The summed E-state index contributed by atoms with van der Waals surface area (Å²) in [4.78, 5) is 23.1. The molecule has 16 heavy (non-hydrogen) atoms. The SMILES string of the molecule is CC1=C(O)c2cc(Cl)c(Cl)cc2C(=O)C1=O. The Labute approximate surface area is 101 Å². The van der Waals surface area contributed by atoms with Gasteiger partial charge in [-0.25, -0.2) is 0 Å². The first-order valence-electron chi connectivity index (χ1n) is 4.41. The molecule has 1 aromatic rings. The van der Waals surface area contributed by atoms with Crippen molar-refractivity contribution in [3.8, 4) is 0 Å². The summed E-state index contributed by atoms with van der Waals surface area (Å²) < 4.78 is 0. The van der Waals surface area contributed by atoms with Crippen LogP contribution in [0.25, 0.3) is 5.76 Å². The second-order valence-electron chi connectivity index (χ2n) is 3.44. The fourth-order valence-electron chi connectivity index (χ4n) is 1.53. The number of ketones is 2. The number of carbonyl (C=O) groups excluding carboxylic acids is 2. The molecular weight excluding hydrogens is 251 g/mol. The van der Waals surface area contributed by atoms with E-state index in [1.54, 1.807) is 0 Å². The number of aliphatic hydroxyl groups excluding tert-OH is 1. The number of hydrogen-bond acceptors (Lipinski definition) is 3. The van der Waals surface area contributed by atoms with Crippen LogP contribution >= 0.6 is 23.2 Å². The van der Waals surface area contributed by atoms with Gasteiger partial charge in [-0.15, -0.1) is 0 Å². The second-order valence-corrected chi connectivity index (χ2v) is 4.26. The van der Waals surface area contributed by atoms with Gasteiger partial charge < -0.3 is 5.11 Å².